The minimum Gasteiger partial charge on any atom is -0.480 e. The van der Waals surface area contributed by atoms with Gasteiger partial charge in [0.15, 0.2) is 6.10 Å². The Bertz CT molecular complexity index is 778. The number of nitrogens with zero attached hydrogens (tertiary/aromatic N) is 1. The summed E-state index contributed by atoms with van der Waals surface area (Å²) in [7, 11) is 3.39. The molecule has 2 aromatic rings. The Morgan fingerprint density at radius 3 is 2.56 bits per heavy atom. The van der Waals surface area contributed by atoms with Crippen molar-refractivity contribution in [1.82, 2.24) is 0 Å². The zero-order valence-corrected chi connectivity index (χ0v) is 13.7. The predicted molar refractivity (Wildman–Crippen MR) is 89.0 cm³/mol. The van der Waals surface area contributed by atoms with Crippen molar-refractivity contribution < 1.29 is 22.7 Å². The van der Waals surface area contributed by atoms with E-state index in [2.05, 4.69) is 5.32 Å². The van der Waals surface area contributed by atoms with Crippen molar-refractivity contribution in [3.63, 3.8) is 0 Å². The van der Waals surface area contributed by atoms with Crippen LogP contribution >= 0.6 is 0 Å². The maximum atomic E-state index is 13.0. The Balaban J connectivity index is 1.83. The van der Waals surface area contributed by atoms with Crippen molar-refractivity contribution in [3.8, 4) is 5.75 Å². The lowest BCUT2D eigenvalue weighted by Crippen LogP contribution is -2.32. The Hall–Kier alpha value is -2.70. The molecule has 0 bridgehead atoms. The zero-order chi connectivity index (χ0) is 18.2. The van der Waals surface area contributed by atoms with Crippen molar-refractivity contribution in [3.05, 3.63) is 53.6 Å². The topological polar surface area (TPSA) is 41.6 Å². The van der Waals surface area contributed by atoms with Crippen LogP contribution in [0.1, 0.15) is 11.1 Å². The molecule has 0 radical (unpaired) electrons. The van der Waals surface area contributed by atoms with Crippen LogP contribution in [0, 0.1) is 0 Å². The second-order valence-corrected chi connectivity index (χ2v) is 6.03. The molecule has 0 saturated carbocycles. The number of alkyl halides is 3. The van der Waals surface area contributed by atoms with E-state index in [0.717, 1.165) is 17.7 Å². The highest BCUT2D eigenvalue weighted by Crippen LogP contribution is 2.35. The highest BCUT2D eigenvalue weighted by Gasteiger charge is 2.33. The van der Waals surface area contributed by atoms with Gasteiger partial charge in [-0.05, 0) is 29.8 Å². The molecule has 1 N–H and O–H groups in total. The van der Waals surface area contributed by atoms with E-state index in [4.69, 9.17) is 4.74 Å². The number of rotatable bonds is 3. The number of hydrogen-bond acceptors (Lipinski definition) is 3. The summed E-state index contributed by atoms with van der Waals surface area (Å²) in [6.07, 6.45) is -4.86. The normalized spacial score (nSPS) is 16.1. The molecule has 0 aromatic heterocycles. The third-order valence-electron chi connectivity index (χ3n) is 4.00. The molecule has 132 valence electrons. The second-order valence-electron chi connectivity index (χ2n) is 6.03. The van der Waals surface area contributed by atoms with Crippen molar-refractivity contribution >= 4 is 17.3 Å². The van der Waals surface area contributed by atoms with Gasteiger partial charge >= 0.3 is 6.18 Å². The number of hydrogen-bond donors (Lipinski definition) is 1. The van der Waals surface area contributed by atoms with Gasteiger partial charge in [0.05, 0.1) is 16.9 Å². The van der Waals surface area contributed by atoms with E-state index in [1.54, 1.807) is 31.1 Å². The molecule has 25 heavy (non-hydrogen) atoms. The molecular formula is C18H17F3N2O2. The summed E-state index contributed by atoms with van der Waals surface area (Å²) in [6, 6.07) is 10.5. The second kappa shape index (κ2) is 6.31. The van der Waals surface area contributed by atoms with Crippen molar-refractivity contribution in [2.45, 2.75) is 18.7 Å². The molecule has 1 amide bonds. The number of halogens is 3. The average molecular weight is 350 g/mol. The van der Waals surface area contributed by atoms with E-state index in [1.807, 2.05) is 12.1 Å². The molecule has 1 heterocycles. The average Bonchev–Trinajstić information content (AvgIpc) is 2.98. The third-order valence-corrected chi connectivity index (χ3v) is 4.00. The first kappa shape index (κ1) is 17.1. The van der Waals surface area contributed by atoms with Gasteiger partial charge in [0.2, 0.25) is 0 Å². The fourth-order valence-electron chi connectivity index (χ4n) is 2.74. The first-order valence-corrected chi connectivity index (χ1v) is 7.69. The summed E-state index contributed by atoms with van der Waals surface area (Å²) in [5.41, 5.74) is 0.671. The van der Waals surface area contributed by atoms with Gasteiger partial charge in [0, 0.05) is 20.5 Å². The molecular weight excluding hydrogens is 333 g/mol. The molecule has 4 nitrogen and oxygen atoms in total. The SMILES string of the molecule is CN(C)c1ccc(C(F)(F)F)cc1NC(=O)C1Cc2ccccc2O1. The van der Waals surface area contributed by atoms with Crippen LogP contribution in [0.3, 0.4) is 0 Å². The zero-order valence-electron chi connectivity index (χ0n) is 13.7. The molecule has 0 saturated heterocycles. The van der Waals surface area contributed by atoms with Gasteiger partial charge in [-0.15, -0.1) is 0 Å². The number of ether oxygens (including phenoxy) is 1. The van der Waals surface area contributed by atoms with Gasteiger partial charge in [0.1, 0.15) is 5.75 Å². The van der Waals surface area contributed by atoms with Gasteiger partial charge in [-0.3, -0.25) is 4.79 Å². The van der Waals surface area contributed by atoms with E-state index in [1.165, 1.54) is 6.07 Å². The first-order chi connectivity index (χ1) is 11.8. The fraction of sp³-hybridized carbons (Fsp3) is 0.278. The van der Waals surface area contributed by atoms with Crippen LogP contribution in [-0.4, -0.2) is 26.1 Å². The highest BCUT2D eigenvalue weighted by molar-refractivity contribution is 5.98. The van der Waals surface area contributed by atoms with Crippen molar-refractivity contribution in [2.75, 3.05) is 24.3 Å². The lowest BCUT2D eigenvalue weighted by Gasteiger charge is -2.21. The van der Waals surface area contributed by atoms with Crippen molar-refractivity contribution in [1.29, 1.82) is 0 Å². The van der Waals surface area contributed by atoms with Crippen LogP contribution in [0.2, 0.25) is 0 Å². The van der Waals surface area contributed by atoms with Gasteiger partial charge in [-0.1, -0.05) is 18.2 Å². The molecule has 2 aromatic carbocycles. The molecule has 1 aliphatic heterocycles. The summed E-state index contributed by atoms with van der Waals surface area (Å²) in [6.45, 7) is 0. The van der Waals surface area contributed by atoms with Crippen LogP contribution in [-0.2, 0) is 17.4 Å². The largest absolute Gasteiger partial charge is 0.480 e. The minimum atomic E-state index is -4.48. The van der Waals surface area contributed by atoms with Crippen LogP contribution in [0.25, 0.3) is 0 Å². The summed E-state index contributed by atoms with van der Waals surface area (Å²) < 4.78 is 44.5. The van der Waals surface area contributed by atoms with E-state index in [-0.39, 0.29) is 5.69 Å². The van der Waals surface area contributed by atoms with E-state index < -0.39 is 23.8 Å². The fourth-order valence-corrected chi connectivity index (χ4v) is 2.74. The molecule has 1 atom stereocenters. The highest BCUT2D eigenvalue weighted by atomic mass is 19.4. The molecule has 7 heteroatoms. The van der Waals surface area contributed by atoms with Crippen LogP contribution in [0.5, 0.6) is 5.75 Å². The Kier molecular flexibility index (Phi) is 4.32. The molecule has 0 spiro atoms. The van der Waals surface area contributed by atoms with Crippen LogP contribution in [0.4, 0.5) is 24.5 Å². The number of carbonyl (C=O) groups excluding carboxylic acids is 1. The number of anilines is 2. The summed E-state index contributed by atoms with van der Waals surface area (Å²) in [5, 5.41) is 2.58. The number of para-hydroxylation sites is 1. The van der Waals surface area contributed by atoms with Crippen LogP contribution in [0.15, 0.2) is 42.5 Å². The lowest BCUT2D eigenvalue weighted by atomic mass is 10.1. The smallest absolute Gasteiger partial charge is 0.416 e. The number of carbonyl (C=O) groups is 1. The maximum absolute atomic E-state index is 13.0. The van der Waals surface area contributed by atoms with Crippen LogP contribution < -0.4 is 15.0 Å². The Labute approximate surface area is 143 Å². The number of nitrogens with one attached hydrogen (secondary N) is 1. The molecule has 3 rings (SSSR count). The van der Waals surface area contributed by atoms with E-state index >= 15 is 0 Å². The standard InChI is InChI=1S/C18H17F3N2O2/c1-23(2)14-8-7-12(18(19,20)21)10-13(14)22-17(24)16-9-11-5-3-4-6-15(11)25-16/h3-8,10,16H,9H2,1-2H3,(H,22,24). The van der Waals surface area contributed by atoms with Gasteiger partial charge in [-0.25, -0.2) is 0 Å². The quantitative estimate of drug-likeness (QED) is 0.917. The summed E-state index contributed by atoms with van der Waals surface area (Å²) in [4.78, 5) is 14.1. The van der Waals surface area contributed by atoms with Crippen molar-refractivity contribution in [2.24, 2.45) is 0 Å². The first-order valence-electron chi connectivity index (χ1n) is 7.69. The lowest BCUT2D eigenvalue weighted by molar-refractivity contribution is -0.137. The predicted octanol–water partition coefficient (Wildman–Crippen LogP) is 3.71. The monoisotopic (exact) mass is 350 g/mol. The summed E-state index contributed by atoms with van der Waals surface area (Å²) >= 11 is 0. The Morgan fingerprint density at radius 2 is 1.92 bits per heavy atom. The van der Waals surface area contributed by atoms with Gasteiger partial charge in [-0.2, -0.15) is 13.2 Å². The number of amides is 1. The number of benzene rings is 2. The number of fused-ring (bicyclic) bond motifs is 1. The van der Waals surface area contributed by atoms with Gasteiger partial charge < -0.3 is 15.0 Å². The molecule has 0 aliphatic carbocycles. The molecule has 1 aliphatic rings. The maximum Gasteiger partial charge on any atom is 0.416 e. The Morgan fingerprint density at radius 1 is 1.20 bits per heavy atom. The minimum absolute atomic E-state index is 0.101. The van der Waals surface area contributed by atoms with E-state index in [0.29, 0.717) is 17.9 Å². The van der Waals surface area contributed by atoms with Gasteiger partial charge in [0.25, 0.3) is 5.91 Å². The molecule has 1 unspecified atom stereocenters. The third kappa shape index (κ3) is 3.55. The molecule has 0 fully saturated rings. The summed E-state index contributed by atoms with van der Waals surface area (Å²) in [5.74, 6) is 0.151. The van der Waals surface area contributed by atoms with E-state index in [9.17, 15) is 18.0 Å².